The van der Waals surface area contributed by atoms with E-state index in [4.69, 9.17) is 14.2 Å². The number of fused-ring (bicyclic) bond motifs is 3. The molecule has 0 heterocycles. The molecular formula is C22H26BrNO4. The quantitative estimate of drug-likeness (QED) is 0.411. The lowest BCUT2D eigenvalue weighted by atomic mass is 9.98. The lowest BCUT2D eigenvalue weighted by Crippen LogP contribution is -2.27. The third-order valence-electron chi connectivity index (χ3n) is 4.67. The number of carbonyl (C=O) groups excluding carboxylic acids is 1. The zero-order chi connectivity index (χ0) is 19.6. The second kappa shape index (κ2) is 11.2. The van der Waals surface area contributed by atoms with E-state index in [9.17, 15) is 4.79 Å². The van der Waals surface area contributed by atoms with Crippen LogP contribution in [0.3, 0.4) is 0 Å². The molecule has 0 bridgehead atoms. The van der Waals surface area contributed by atoms with Crippen LogP contribution >= 0.6 is 15.9 Å². The molecule has 2 aromatic carbocycles. The van der Waals surface area contributed by atoms with Crippen molar-refractivity contribution in [2.24, 2.45) is 0 Å². The van der Waals surface area contributed by atoms with Crippen molar-refractivity contribution in [1.29, 1.82) is 0 Å². The molecule has 0 atom stereocenters. The van der Waals surface area contributed by atoms with Crippen LogP contribution in [0.4, 0.5) is 4.79 Å². The predicted molar refractivity (Wildman–Crippen MR) is 113 cm³/mol. The minimum absolute atomic E-state index is 0.0843. The predicted octanol–water partition coefficient (Wildman–Crippen LogP) is 4.34. The molecule has 0 aliphatic heterocycles. The fourth-order valence-electron chi connectivity index (χ4n) is 3.39. The first-order valence-electron chi connectivity index (χ1n) is 9.61. The minimum Gasteiger partial charge on any atom is -0.449 e. The van der Waals surface area contributed by atoms with Crippen LogP contribution in [0.15, 0.2) is 48.5 Å². The van der Waals surface area contributed by atoms with Crippen LogP contribution in [0.2, 0.25) is 0 Å². The molecular weight excluding hydrogens is 422 g/mol. The Bertz CT molecular complexity index is 722. The monoisotopic (exact) mass is 447 g/mol. The first-order chi connectivity index (χ1) is 13.8. The Kier molecular flexibility index (Phi) is 8.33. The van der Waals surface area contributed by atoms with Gasteiger partial charge in [-0.2, -0.15) is 0 Å². The smallest absolute Gasteiger partial charge is 0.407 e. The van der Waals surface area contributed by atoms with Crippen molar-refractivity contribution in [1.82, 2.24) is 5.32 Å². The summed E-state index contributed by atoms with van der Waals surface area (Å²) in [6, 6.07) is 16.6. The Morgan fingerprint density at radius 1 is 0.893 bits per heavy atom. The molecule has 0 spiro atoms. The summed E-state index contributed by atoms with van der Waals surface area (Å²) in [6.45, 7) is 3.29. The van der Waals surface area contributed by atoms with Crippen LogP contribution in [0.1, 0.15) is 23.5 Å². The van der Waals surface area contributed by atoms with E-state index in [-0.39, 0.29) is 12.0 Å². The van der Waals surface area contributed by atoms with Crippen LogP contribution < -0.4 is 5.32 Å². The first kappa shape index (κ1) is 20.8. The first-order valence-corrected chi connectivity index (χ1v) is 10.7. The van der Waals surface area contributed by atoms with Gasteiger partial charge in [-0.05, 0) is 28.7 Å². The largest absolute Gasteiger partial charge is 0.449 e. The van der Waals surface area contributed by atoms with Gasteiger partial charge in [0.2, 0.25) is 0 Å². The van der Waals surface area contributed by atoms with Crippen LogP contribution in [-0.2, 0) is 14.2 Å². The van der Waals surface area contributed by atoms with E-state index in [1.54, 1.807) is 0 Å². The summed E-state index contributed by atoms with van der Waals surface area (Å²) in [6.07, 6.45) is 0.352. The van der Waals surface area contributed by atoms with Gasteiger partial charge in [0.1, 0.15) is 6.61 Å². The van der Waals surface area contributed by atoms with Gasteiger partial charge in [-0.15, -0.1) is 0 Å². The normalized spacial score (nSPS) is 12.5. The van der Waals surface area contributed by atoms with Crippen molar-refractivity contribution in [2.75, 3.05) is 44.9 Å². The highest BCUT2D eigenvalue weighted by Crippen LogP contribution is 2.44. The Morgan fingerprint density at radius 2 is 1.50 bits per heavy atom. The number of alkyl carbamates (subject to hydrolysis) is 1. The molecule has 28 heavy (non-hydrogen) atoms. The van der Waals surface area contributed by atoms with E-state index >= 15 is 0 Å². The summed E-state index contributed by atoms with van der Waals surface area (Å²) in [5.74, 6) is 0.0843. The SMILES string of the molecule is O=C(NCCCOCCOCCBr)OCC1c2ccccc2-c2ccccc21. The molecule has 1 aliphatic rings. The van der Waals surface area contributed by atoms with Crippen molar-refractivity contribution in [3.05, 3.63) is 59.7 Å². The molecule has 5 nitrogen and oxygen atoms in total. The summed E-state index contributed by atoms with van der Waals surface area (Å²) in [4.78, 5) is 12.0. The average Bonchev–Trinajstić information content (AvgIpc) is 3.05. The van der Waals surface area contributed by atoms with Crippen LogP contribution in [0.25, 0.3) is 11.1 Å². The minimum atomic E-state index is -0.387. The Hall–Kier alpha value is -1.89. The lowest BCUT2D eigenvalue weighted by Gasteiger charge is -2.14. The molecule has 2 aromatic rings. The van der Waals surface area contributed by atoms with Crippen molar-refractivity contribution in [3.8, 4) is 11.1 Å². The number of hydrogen-bond acceptors (Lipinski definition) is 4. The highest BCUT2D eigenvalue weighted by atomic mass is 79.9. The molecule has 1 aliphatic carbocycles. The fraction of sp³-hybridized carbons (Fsp3) is 0.409. The summed E-state index contributed by atoms with van der Waals surface area (Å²) in [5.41, 5.74) is 4.88. The number of alkyl halides is 1. The Labute approximate surface area is 174 Å². The maximum Gasteiger partial charge on any atom is 0.407 e. The molecule has 0 fully saturated rings. The van der Waals surface area contributed by atoms with E-state index < -0.39 is 0 Å². The summed E-state index contributed by atoms with van der Waals surface area (Å²) in [5, 5.41) is 3.62. The third kappa shape index (κ3) is 5.56. The molecule has 3 rings (SSSR count). The number of hydrogen-bond donors (Lipinski definition) is 1. The van der Waals surface area contributed by atoms with Crippen molar-refractivity contribution >= 4 is 22.0 Å². The average molecular weight is 448 g/mol. The maximum absolute atomic E-state index is 12.0. The van der Waals surface area contributed by atoms with Crippen LogP contribution in [0.5, 0.6) is 0 Å². The number of carbonyl (C=O) groups is 1. The van der Waals surface area contributed by atoms with E-state index in [1.807, 2.05) is 24.3 Å². The summed E-state index contributed by atoms with van der Waals surface area (Å²) >= 11 is 3.30. The van der Waals surface area contributed by atoms with Gasteiger partial charge in [-0.25, -0.2) is 4.79 Å². The zero-order valence-electron chi connectivity index (χ0n) is 15.9. The molecule has 150 valence electrons. The second-order valence-electron chi connectivity index (χ2n) is 6.52. The standard InChI is InChI=1S/C22H26BrNO4/c23-10-13-27-15-14-26-12-5-11-24-22(25)28-16-21-19-8-3-1-6-17(19)18-7-2-4-9-20(18)21/h1-4,6-9,21H,5,10-16H2,(H,24,25). The lowest BCUT2D eigenvalue weighted by molar-refractivity contribution is 0.0530. The fourth-order valence-corrected chi connectivity index (χ4v) is 3.62. The van der Waals surface area contributed by atoms with Crippen molar-refractivity contribution in [3.63, 3.8) is 0 Å². The van der Waals surface area contributed by atoms with E-state index in [0.29, 0.717) is 39.6 Å². The summed E-state index contributed by atoms with van der Waals surface area (Å²) in [7, 11) is 0. The molecule has 1 N–H and O–H groups in total. The molecule has 0 unspecified atom stereocenters. The molecule has 0 aromatic heterocycles. The van der Waals surface area contributed by atoms with Gasteiger partial charge < -0.3 is 19.5 Å². The molecule has 6 heteroatoms. The zero-order valence-corrected chi connectivity index (χ0v) is 17.4. The van der Waals surface area contributed by atoms with Gasteiger partial charge in [0, 0.05) is 24.4 Å². The number of benzene rings is 2. The number of rotatable bonds is 11. The number of halogens is 1. The number of nitrogens with one attached hydrogen (secondary N) is 1. The van der Waals surface area contributed by atoms with Gasteiger partial charge in [0.25, 0.3) is 0 Å². The van der Waals surface area contributed by atoms with Gasteiger partial charge in [-0.1, -0.05) is 64.5 Å². The second-order valence-corrected chi connectivity index (χ2v) is 7.31. The Morgan fingerprint density at radius 3 is 2.14 bits per heavy atom. The highest BCUT2D eigenvalue weighted by molar-refractivity contribution is 9.09. The number of ether oxygens (including phenoxy) is 3. The van der Waals surface area contributed by atoms with Crippen molar-refractivity contribution < 1.29 is 19.0 Å². The van der Waals surface area contributed by atoms with Crippen LogP contribution in [0, 0.1) is 0 Å². The molecule has 1 amide bonds. The van der Waals surface area contributed by atoms with Crippen molar-refractivity contribution in [2.45, 2.75) is 12.3 Å². The maximum atomic E-state index is 12.0. The molecule has 0 saturated carbocycles. The van der Waals surface area contributed by atoms with E-state index in [2.05, 4.69) is 45.5 Å². The number of amides is 1. The molecule has 0 saturated heterocycles. The summed E-state index contributed by atoms with van der Waals surface area (Å²) < 4.78 is 16.2. The topological polar surface area (TPSA) is 56.8 Å². The third-order valence-corrected chi connectivity index (χ3v) is 5.00. The molecule has 0 radical (unpaired) electrons. The Balaban J connectivity index is 1.37. The van der Waals surface area contributed by atoms with E-state index in [1.165, 1.54) is 22.3 Å². The van der Waals surface area contributed by atoms with Gasteiger partial charge in [-0.3, -0.25) is 0 Å². The van der Waals surface area contributed by atoms with Gasteiger partial charge in [0.05, 0.1) is 19.8 Å². The van der Waals surface area contributed by atoms with Gasteiger partial charge in [0.15, 0.2) is 0 Å². The van der Waals surface area contributed by atoms with E-state index in [0.717, 1.165) is 11.8 Å². The van der Waals surface area contributed by atoms with Crippen LogP contribution in [-0.4, -0.2) is 51.0 Å². The van der Waals surface area contributed by atoms with Gasteiger partial charge >= 0.3 is 6.09 Å². The highest BCUT2D eigenvalue weighted by Gasteiger charge is 2.28.